The lowest BCUT2D eigenvalue weighted by atomic mass is 10.3. The van der Waals surface area contributed by atoms with Gasteiger partial charge in [0.2, 0.25) is 0 Å². The first kappa shape index (κ1) is 12.8. The summed E-state index contributed by atoms with van der Waals surface area (Å²) in [7, 11) is 1.91. The summed E-state index contributed by atoms with van der Waals surface area (Å²) in [6.07, 6.45) is 1.05. The Bertz CT molecular complexity index is 371. The molecule has 88 valence electrons. The first-order valence-corrected chi connectivity index (χ1v) is 5.95. The monoisotopic (exact) mass is 241 g/mol. The lowest BCUT2D eigenvalue weighted by molar-refractivity contribution is -0.383. The van der Waals surface area contributed by atoms with Crippen molar-refractivity contribution in [3.05, 3.63) is 28.3 Å². The molecule has 0 saturated heterocycles. The average Bonchev–Trinajstić information content (AvgIpc) is 2.24. The Morgan fingerprint density at radius 2 is 2.31 bits per heavy atom. The van der Waals surface area contributed by atoms with Crippen molar-refractivity contribution in [2.45, 2.75) is 11.3 Å². The van der Waals surface area contributed by atoms with Gasteiger partial charge < -0.3 is 11.1 Å². The Labute approximate surface area is 98.6 Å². The molecule has 0 unspecified atom stereocenters. The summed E-state index contributed by atoms with van der Waals surface area (Å²) in [5.74, 6) is 0.970. The van der Waals surface area contributed by atoms with E-state index in [-0.39, 0.29) is 11.4 Å². The highest BCUT2D eigenvalue weighted by atomic mass is 32.2. The SMILES string of the molecule is CNCCCSc1ccc([N+](=O)[O-])c(N)c1. The van der Waals surface area contributed by atoms with E-state index in [4.69, 9.17) is 5.73 Å². The average molecular weight is 241 g/mol. The highest BCUT2D eigenvalue weighted by molar-refractivity contribution is 7.99. The molecule has 0 saturated carbocycles. The summed E-state index contributed by atoms with van der Waals surface area (Å²) in [4.78, 5) is 11.0. The number of anilines is 1. The summed E-state index contributed by atoms with van der Waals surface area (Å²) in [6, 6.07) is 4.84. The highest BCUT2D eigenvalue weighted by Gasteiger charge is 2.10. The molecule has 5 nitrogen and oxygen atoms in total. The highest BCUT2D eigenvalue weighted by Crippen LogP contribution is 2.27. The van der Waals surface area contributed by atoms with E-state index in [0.717, 1.165) is 23.6 Å². The van der Waals surface area contributed by atoms with E-state index >= 15 is 0 Å². The Balaban J connectivity index is 2.56. The maximum absolute atomic E-state index is 10.5. The van der Waals surface area contributed by atoms with Crippen molar-refractivity contribution < 1.29 is 4.92 Å². The van der Waals surface area contributed by atoms with Crippen LogP contribution < -0.4 is 11.1 Å². The molecule has 0 aliphatic heterocycles. The Morgan fingerprint density at radius 3 is 2.88 bits per heavy atom. The summed E-state index contributed by atoms with van der Waals surface area (Å²) in [6.45, 7) is 0.968. The van der Waals surface area contributed by atoms with Crippen LogP contribution in [0.2, 0.25) is 0 Å². The van der Waals surface area contributed by atoms with E-state index in [2.05, 4.69) is 5.32 Å². The van der Waals surface area contributed by atoms with Gasteiger partial charge in [0.15, 0.2) is 0 Å². The number of hydrogen-bond donors (Lipinski definition) is 2. The molecule has 0 aliphatic carbocycles. The van der Waals surface area contributed by atoms with Crippen molar-refractivity contribution in [2.75, 3.05) is 25.1 Å². The minimum atomic E-state index is -0.467. The van der Waals surface area contributed by atoms with Gasteiger partial charge in [0.05, 0.1) is 4.92 Å². The third-order valence-electron chi connectivity index (χ3n) is 2.04. The third kappa shape index (κ3) is 3.71. The van der Waals surface area contributed by atoms with Crippen LogP contribution in [-0.4, -0.2) is 24.3 Å². The van der Waals surface area contributed by atoms with Crippen molar-refractivity contribution in [3.8, 4) is 0 Å². The lowest BCUT2D eigenvalue weighted by Crippen LogP contribution is -2.07. The van der Waals surface area contributed by atoms with Gasteiger partial charge in [-0.2, -0.15) is 0 Å². The number of nitrogens with two attached hydrogens (primary N) is 1. The topological polar surface area (TPSA) is 81.2 Å². The molecule has 3 N–H and O–H groups in total. The van der Waals surface area contributed by atoms with Gasteiger partial charge in [0, 0.05) is 11.0 Å². The zero-order valence-corrected chi connectivity index (χ0v) is 9.92. The summed E-state index contributed by atoms with van der Waals surface area (Å²) in [5.41, 5.74) is 5.78. The van der Waals surface area contributed by atoms with Gasteiger partial charge in [-0.25, -0.2) is 0 Å². The third-order valence-corrected chi connectivity index (χ3v) is 3.12. The van der Waals surface area contributed by atoms with E-state index < -0.39 is 4.92 Å². The quantitative estimate of drug-likeness (QED) is 0.261. The van der Waals surface area contributed by atoms with Gasteiger partial charge in [-0.3, -0.25) is 10.1 Å². The fraction of sp³-hybridized carbons (Fsp3) is 0.400. The predicted molar refractivity (Wildman–Crippen MR) is 66.8 cm³/mol. The molecular weight excluding hydrogens is 226 g/mol. The van der Waals surface area contributed by atoms with Crippen LogP contribution >= 0.6 is 11.8 Å². The van der Waals surface area contributed by atoms with Crippen LogP contribution in [-0.2, 0) is 0 Å². The van der Waals surface area contributed by atoms with Crippen LogP contribution in [0.15, 0.2) is 23.1 Å². The molecule has 0 heterocycles. The number of nitrogen functional groups attached to an aromatic ring is 1. The Hall–Kier alpha value is -1.27. The molecule has 0 radical (unpaired) electrons. The second kappa shape index (κ2) is 6.34. The number of nitro benzene ring substituents is 1. The number of hydrogen-bond acceptors (Lipinski definition) is 5. The number of nitrogens with zero attached hydrogens (tertiary/aromatic N) is 1. The van der Waals surface area contributed by atoms with Crippen LogP contribution in [0.3, 0.4) is 0 Å². The van der Waals surface area contributed by atoms with E-state index in [1.165, 1.54) is 6.07 Å². The molecule has 0 fully saturated rings. The number of benzene rings is 1. The molecule has 0 amide bonds. The van der Waals surface area contributed by atoms with Crippen molar-refractivity contribution >= 4 is 23.1 Å². The molecule has 16 heavy (non-hydrogen) atoms. The number of nitro groups is 1. The van der Waals surface area contributed by atoms with E-state index in [0.29, 0.717) is 0 Å². The Kier molecular flexibility index (Phi) is 5.07. The van der Waals surface area contributed by atoms with E-state index in [1.807, 2.05) is 7.05 Å². The second-order valence-electron chi connectivity index (χ2n) is 3.28. The molecular formula is C10H15N3O2S. The van der Waals surface area contributed by atoms with Crippen LogP contribution in [0.5, 0.6) is 0 Å². The van der Waals surface area contributed by atoms with Crippen molar-refractivity contribution in [1.29, 1.82) is 0 Å². The van der Waals surface area contributed by atoms with Gasteiger partial charge in [-0.15, -0.1) is 11.8 Å². The van der Waals surface area contributed by atoms with E-state index in [1.54, 1.807) is 23.9 Å². The molecule has 0 aliphatic rings. The predicted octanol–water partition coefficient (Wildman–Crippen LogP) is 1.88. The molecule has 0 aromatic heterocycles. The summed E-state index contributed by atoms with van der Waals surface area (Å²) >= 11 is 1.65. The first-order chi connectivity index (χ1) is 7.65. The fourth-order valence-corrected chi connectivity index (χ4v) is 2.13. The molecule has 6 heteroatoms. The molecule has 1 aromatic rings. The van der Waals surface area contributed by atoms with Gasteiger partial charge in [-0.1, -0.05) is 0 Å². The normalized spacial score (nSPS) is 10.3. The largest absolute Gasteiger partial charge is 0.393 e. The van der Waals surface area contributed by atoms with Gasteiger partial charge in [-0.05, 0) is 37.9 Å². The lowest BCUT2D eigenvalue weighted by Gasteiger charge is -2.03. The molecule has 1 rings (SSSR count). The smallest absolute Gasteiger partial charge is 0.292 e. The minimum Gasteiger partial charge on any atom is -0.393 e. The first-order valence-electron chi connectivity index (χ1n) is 4.96. The van der Waals surface area contributed by atoms with Crippen LogP contribution in [0.25, 0.3) is 0 Å². The van der Waals surface area contributed by atoms with Crippen LogP contribution in [0.4, 0.5) is 11.4 Å². The van der Waals surface area contributed by atoms with Gasteiger partial charge in [0.25, 0.3) is 5.69 Å². The zero-order valence-electron chi connectivity index (χ0n) is 9.10. The standard InChI is InChI=1S/C10H15N3O2S/c1-12-5-2-6-16-8-3-4-10(13(14)15)9(11)7-8/h3-4,7,12H,2,5-6,11H2,1H3. The molecule has 0 spiro atoms. The maximum atomic E-state index is 10.5. The van der Waals surface area contributed by atoms with E-state index in [9.17, 15) is 10.1 Å². The van der Waals surface area contributed by atoms with Crippen LogP contribution in [0, 0.1) is 10.1 Å². The second-order valence-corrected chi connectivity index (χ2v) is 4.45. The van der Waals surface area contributed by atoms with Crippen molar-refractivity contribution in [1.82, 2.24) is 5.32 Å². The number of nitrogens with one attached hydrogen (secondary N) is 1. The minimum absolute atomic E-state index is 0.0282. The zero-order chi connectivity index (χ0) is 12.0. The van der Waals surface area contributed by atoms with Crippen molar-refractivity contribution in [3.63, 3.8) is 0 Å². The molecule has 1 aromatic carbocycles. The summed E-state index contributed by atoms with van der Waals surface area (Å²) < 4.78 is 0. The molecule has 0 bridgehead atoms. The van der Waals surface area contributed by atoms with Gasteiger partial charge >= 0.3 is 0 Å². The number of rotatable bonds is 6. The fourth-order valence-electron chi connectivity index (χ4n) is 1.23. The summed E-state index contributed by atoms with van der Waals surface area (Å²) in [5, 5.41) is 13.6. The van der Waals surface area contributed by atoms with Crippen molar-refractivity contribution in [2.24, 2.45) is 0 Å². The maximum Gasteiger partial charge on any atom is 0.292 e. The van der Waals surface area contributed by atoms with Crippen LogP contribution in [0.1, 0.15) is 6.42 Å². The molecule has 0 atom stereocenters. The number of thioether (sulfide) groups is 1. The Morgan fingerprint density at radius 1 is 1.56 bits per heavy atom. The van der Waals surface area contributed by atoms with Gasteiger partial charge in [0.1, 0.15) is 5.69 Å².